The molecular formula is C16H15N5S2. The molecule has 2 aromatic carbocycles. The Morgan fingerprint density at radius 1 is 1.00 bits per heavy atom. The molecular weight excluding hydrogens is 326 g/mol. The number of thiazole rings is 1. The summed E-state index contributed by atoms with van der Waals surface area (Å²) in [6.45, 7) is 0. The molecule has 0 saturated carbocycles. The Hall–Kier alpha value is -2.12. The minimum Gasteiger partial charge on any atom is -0.342 e. The monoisotopic (exact) mass is 341 g/mol. The topological polar surface area (TPSA) is 45.2 Å². The van der Waals surface area contributed by atoms with Gasteiger partial charge in [0.25, 0.3) is 0 Å². The van der Waals surface area contributed by atoms with Gasteiger partial charge in [0.15, 0.2) is 5.50 Å². The highest BCUT2D eigenvalue weighted by atomic mass is 32.2. The zero-order valence-electron chi connectivity index (χ0n) is 12.7. The van der Waals surface area contributed by atoms with Crippen LogP contribution in [0.3, 0.4) is 0 Å². The third kappa shape index (κ3) is 2.55. The number of aromatic nitrogens is 1. The molecule has 3 aromatic rings. The molecule has 0 spiro atoms. The van der Waals surface area contributed by atoms with Gasteiger partial charge in [0.1, 0.15) is 0 Å². The lowest BCUT2D eigenvalue weighted by atomic mass is 10.3. The largest absolute Gasteiger partial charge is 0.342 e. The van der Waals surface area contributed by atoms with Crippen molar-refractivity contribution in [2.75, 3.05) is 11.9 Å². The van der Waals surface area contributed by atoms with Gasteiger partial charge >= 0.3 is 0 Å². The lowest BCUT2D eigenvalue weighted by Gasteiger charge is -2.15. The highest BCUT2D eigenvalue weighted by Crippen LogP contribution is 2.42. The van der Waals surface area contributed by atoms with Crippen molar-refractivity contribution >= 4 is 39.0 Å². The molecule has 23 heavy (non-hydrogen) atoms. The van der Waals surface area contributed by atoms with E-state index in [1.165, 1.54) is 15.3 Å². The van der Waals surface area contributed by atoms with Gasteiger partial charge < -0.3 is 9.47 Å². The van der Waals surface area contributed by atoms with Gasteiger partial charge in [-0.25, -0.2) is 0 Å². The third-order valence-electron chi connectivity index (χ3n) is 3.80. The molecule has 0 saturated heterocycles. The second-order valence-corrected chi connectivity index (χ2v) is 7.35. The fraction of sp³-hybridized carbons (Fsp3) is 0.188. The zero-order chi connectivity index (χ0) is 15.8. The molecule has 0 fully saturated rings. The van der Waals surface area contributed by atoms with Crippen molar-refractivity contribution in [2.24, 2.45) is 22.5 Å². The number of thioether (sulfide) groups is 1. The first-order valence-electron chi connectivity index (χ1n) is 7.21. The van der Waals surface area contributed by atoms with E-state index < -0.39 is 0 Å². The van der Waals surface area contributed by atoms with Crippen LogP contribution < -0.4 is 9.70 Å². The highest BCUT2D eigenvalue weighted by Gasteiger charge is 2.26. The Balaban J connectivity index is 1.61. The van der Waals surface area contributed by atoms with Crippen LogP contribution in [0.1, 0.15) is 0 Å². The first-order valence-corrected chi connectivity index (χ1v) is 8.90. The van der Waals surface area contributed by atoms with Crippen LogP contribution in [0.2, 0.25) is 0 Å². The first kappa shape index (κ1) is 14.5. The van der Waals surface area contributed by atoms with E-state index in [9.17, 15) is 0 Å². The van der Waals surface area contributed by atoms with Gasteiger partial charge in [0.2, 0.25) is 4.80 Å². The molecule has 1 atom stereocenters. The maximum absolute atomic E-state index is 4.37. The zero-order valence-corrected chi connectivity index (χ0v) is 14.4. The molecule has 0 amide bonds. The van der Waals surface area contributed by atoms with Gasteiger partial charge in [-0.2, -0.15) is 0 Å². The Bertz CT molecular complexity index is 956. The fourth-order valence-corrected chi connectivity index (χ4v) is 4.59. The highest BCUT2D eigenvalue weighted by molar-refractivity contribution is 8.00. The van der Waals surface area contributed by atoms with Gasteiger partial charge in [-0.1, -0.05) is 47.4 Å². The second-order valence-electron chi connectivity index (χ2n) is 5.24. The van der Waals surface area contributed by atoms with Crippen molar-refractivity contribution in [1.82, 2.24) is 4.57 Å². The minimum atomic E-state index is -0.0594. The summed E-state index contributed by atoms with van der Waals surface area (Å²) >= 11 is 3.31. The van der Waals surface area contributed by atoms with Crippen molar-refractivity contribution in [3.8, 4) is 0 Å². The van der Waals surface area contributed by atoms with Gasteiger partial charge in [0.05, 0.1) is 15.9 Å². The SMILES string of the molecule is CN1c2ccccc2SC1N=NN=c1sc2ccccc2n1C. The molecule has 7 heteroatoms. The molecule has 0 bridgehead atoms. The van der Waals surface area contributed by atoms with Crippen molar-refractivity contribution in [2.45, 2.75) is 10.4 Å². The number of aryl methyl sites for hydroxylation is 1. The first-order chi connectivity index (χ1) is 11.2. The summed E-state index contributed by atoms with van der Waals surface area (Å²) in [5.74, 6) is 0. The van der Waals surface area contributed by atoms with Crippen LogP contribution in [0.15, 0.2) is 68.9 Å². The standard InChI is InChI=1S/C16H15N5S2/c1-20-11-7-3-5-9-13(11)22-15(20)17-19-18-16-21(2)12-8-4-6-10-14(12)23-16/h3-10,15H,1-2H3. The molecule has 1 unspecified atom stereocenters. The summed E-state index contributed by atoms with van der Waals surface area (Å²) in [5.41, 5.74) is 2.29. The van der Waals surface area contributed by atoms with E-state index >= 15 is 0 Å². The summed E-state index contributed by atoms with van der Waals surface area (Å²) in [4.78, 5) is 4.19. The third-order valence-corrected chi connectivity index (χ3v) is 6.13. The summed E-state index contributed by atoms with van der Waals surface area (Å²) in [6, 6.07) is 16.5. The van der Waals surface area contributed by atoms with E-state index in [-0.39, 0.29) is 5.50 Å². The number of anilines is 1. The van der Waals surface area contributed by atoms with Gasteiger partial charge in [-0.15, -0.1) is 10.2 Å². The smallest absolute Gasteiger partial charge is 0.213 e. The Labute approximate surface area is 142 Å². The average molecular weight is 341 g/mol. The second kappa shape index (κ2) is 5.82. The molecule has 5 nitrogen and oxygen atoms in total. The van der Waals surface area contributed by atoms with Gasteiger partial charge in [-0.05, 0) is 29.5 Å². The summed E-state index contributed by atoms with van der Waals surface area (Å²) in [6.07, 6.45) is 0. The fourth-order valence-electron chi connectivity index (χ4n) is 2.55. The summed E-state index contributed by atoms with van der Waals surface area (Å²) < 4.78 is 3.24. The molecule has 2 heterocycles. The molecule has 1 aromatic heterocycles. The Kier molecular flexibility index (Phi) is 3.66. The number of benzene rings is 2. The maximum atomic E-state index is 4.37. The van der Waals surface area contributed by atoms with Crippen LogP contribution in [0.5, 0.6) is 0 Å². The maximum Gasteiger partial charge on any atom is 0.213 e. The number of fused-ring (bicyclic) bond motifs is 2. The van der Waals surface area contributed by atoms with E-state index in [0.29, 0.717) is 0 Å². The number of hydrogen-bond acceptors (Lipinski definition) is 5. The van der Waals surface area contributed by atoms with Gasteiger partial charge in [0, 0.05) is 19.0 Å². The van der Waals surface area contributed by atoms with Gasteiger partial charge in [-0.3, -0.25) is 0 Å². The molecule has 0 aliphatic carbocycles. The molecule has 0 radical (unpaired) electrons. The lowest BCUT2D eigenvalue weighted by Crippen LogP contribution is -2.21. The van der Waals surface area contributed by atoms with Crippen molar-refractivity contribution in [3.63, 3.8) is 0 Å². The van der Waals surface area contributed by atoms with E-state index in [2.05, 4.69) is 44.6 Å². The quantitative estimate of drug-likeness (QED) is 0.522. The predicted molar refractivity (Wildman–Crippen MR) is 95.7 cm³/mol. The summed E-state index contributed by atoms with van der Waals surface area (Å²) in [7, 11) is 4.03. The van der Waals surface area contributed by atoms with E-state index in [0.717, 1.165) is 10.3 Å². The average Bonchev–Trinajstić information content (AvgIpc) is 3.07. The van der Waals surface area contributed by atoms with Crippen LogP contribution in [-0.4, -0.2) is 17.1 Å². The number of para-hydroxylation sites is 2. The van der Waals surface area contributed by atoms with Crippen molar-refractivity contribution in [1.29, 1.82) is 0 Å². The van der Waals surface area contributed by atoms with E-state index in [4.69, 9.17) is 0 Å². The Morgan fingerprint density at radius 2 is 1.78 bits per heavy atom. The molecule has 116 valence electrons. The molecule has 1 aliphatic rings. The number of rotatable bonds is 2. The van der Waals surface area contributed by atoms with Crippen molar-refractivity contribution in [3.05, 3.63) is 53.3 Å². The normalized spacial score (nSPS) is 18.3. The predicted octanol–water partition coefficient (Wildman–Crippen LogP) is 4.03. The van der Waals surface area contributed by atoms with Crippen molar-refractivity contribution < 1.29 is 0 Å². The van der Waals surface area contributed by atoms with Crippen LogP contribution in [0.25, 0.3) is 10.2 Å². The van der Waals surface area contributed by atoms with E-state index in [1.54, 1.807) is 23.1 Å². The van der Waals surface area contributed by atoms with E-state index in [1.807, 2.05) is 42.9 Å². The Morgan fingerprint density at radius 3 is 2.61 bits per heavy atom. The van der Waals surface area contributed by atoms with Crippen LogP contribution >= 0.6 is 23.1 Å². The van der Waals surface area contributed by atoms with Crippen LogP contribution in [0.4, 0.5) is 5.69 Å². The lowest BCUT2D eigenvalue weighted by molar-refractivity contribution is 0.781. The van der Waals surface area contributed by atoms with Crippen LogP contribution in [-0.2, 0) is 7.05 Å². The number of hydrogen-bond donors (Lipinski definition) is 0. The molecule has 1 aliphatic heterocycles. The van der Waals surface area contributed by atoms with Crippen LogP contribution in [0, 0.1) is 0 Å². The molecule has 4 rings (SSSR count). The summed E-state index contributed by atoms with van der Waals surface area (Å²) in [5, 5.41) is 12.8. The minimum absolute atomic E-state index is 0.0594. The number of nitrogens with zero attached hydrogens (tertiary/aromatic N) is 5. The molecule has 0 N–H and O–H groups in total.